The summed E-state index contributed by atoms with van der Waals surface area (Å²) in [6, 6.07) is 11.8. The van der Waals surface area contributed by atoms with Crippen molar-refractivity contribution in [2.45, 2.75) is 18.9 Å². The molecule has 29 heavy (non-hydrogen) atoms. The number of nitrogens with zero attached hydrogens (tertiary/aromatic N) is 2. The molecule has 1 aliphatic heterocycles. The Balaban J connectivity index is 1.81. The highest BCUT2D eigenvalue weighted by atomic mass is 16.6. The Labute approximate surface area is 169 Å². The number of carbonyl (C=O) groups excluding carboxylic acids is 1. The van der Waals surface area contributed by atoms with Gasteiger partial charge in [0.15, 0.2) is 0 Å². The highest BCUT2D eigenvalue weighted by Gasteiger charge is 2.25. The van der Waals surface area contributed by atoms with Crippen LogP contribution in [0.2, 0.25) is 0 Å². The van der Waals surface area contributed by atoms with Crippen molar-refractivity contribution in [2.75, 3.05) is 33.9 Å². The Kier molecular flexibility index (Phi) is 6.66. The van der Waals surface area contributed by atoms with E-state index < -0.39 is 10.8 Å². The van der Waals surface area contributed by atoms with Crippen LogP contribution < -0.4 is 14.8 Å². The SMILES string of the molecule is COc1cccc(C(CNC(=O)c2cc([N+](=O)[O-])ccc2OC)N2CCCC2)c1. The number of nitro groups is 1. The molecule has 0 radical (unpaired) electrons. The summed E-state index contributed by atoms with van der Waals surface area (Å²) in [6.07, 6.45) is 2.24. The molecule has 2 aromatic rings. The zero-order chi connectivity index (χ0) is 20.8. The number of benzene rings is 2. The van der Waals surface area contributed by atoms with Crippen LogP contribution in [0.4, 0.5) is 5.69 Å². The molecule has 0 bridgehead atoms. The monoisotopic (exact) mass is 399 g/mol. The number of nitro benzene ring substituents is 1. The Morgan fingerprint density at radius 3 is 2.59 bits per heavy atom. The van der Waals surface area contributed by atoms with Gasteiger partial charge >= 0.3 is 0 Å². The zero-order valence-corrected chi connectivity index (χ0v) is 16.6. The fourth-order valence-electron chi connectivity index (χ4n) is 3.63. The second-order valence-corrected chi connectivity index (χ2v) is 6.89. The van der Waals surface area contributed by atoms with E-state index in [1.165, 1.54) is 25.3 Å². The molecule has 1 saturated heterocycles. The number of likely N-dealkylation sites (tertiary alicyclic amines) is 1. The highest BCUT2D eigenvalue weighted by Crippen LogP contribution is 2.28. The molecule has 1 unspecified atom stereocenters. The van der Waals surface area contributed by atoms with E-state index in [9.17, 15) is 14.9 Å². The van der Waals surface area contributed by atoms with E-state index in [1.54, 1.807) is 7.11 Å². The van der Waals surface area contributed by atoms with E-state index in [0.29, 0.717) is 12.3 Å². The molecule has 0 aliphatic carbocycles. The maximum Gasteiger partial charge on any atom is 0.270 e. The van der Waals surface area contributed by atoms with Crippen molar-refractivity contribution < 1.29 is 19.2 Å². The fourth-order valence-corrected chi connectivity index (χ4v) is 3.63. The van der Waals surface area contributed by atoms with Crippen molar-refractivity contribution in [2.24, 2.45) is 0 Å². The molecule has 1 fully saturated rings. The van der Waals surface area contributed by atoms with Crippen LogP contribution in [-0.4, -0.2) is 49.6 Å². The van der Waals surface area contributed by atoms with Crippen molar-refractivity contribution >= 4 is 11.6 Å². The summed E-state index contributed by atoms with van der Waals surface area (Å²) in [5.41, 5.74) is 1.05. The van der Waals surface area contributed by atoms with Gasteiger partial charge in [-0.2, -0.15) is 0 Å². The lowest BCUT2D eigenvalue weighted by atomic mass is 10.0. The van der Waals surface area contributed by atoms with Crippen LogP contribution in [0.3, 0.4) is 0 Å². The first-order valence-corrected chi connectivity index (χ1v) is 9.52. The predicted molar refractivity (Wildman–Crippen MR) is 109 cm³/mol. The largest absolute Gasteiger partial charge is 0.497 e. The summed E-state index contributed by atoms with van der Waals surface area (Å²) in [7, 11) is 3.06. The van der Waals surface area contributed by atoms with Crippen LogP contribution >= 0.6 is 0 Å². The number of non-ortho nitro benzene ring substituents is 1. The minimum atomic E-state index is -0.528. The molecule has 1 atom stereocenters. The molecule has 1 amide bonds. The smallest absolute Gasteiger partial charge is 0.270 e. The van der Waals surface area contributed by atoms with E-state index in [0.717, 1.165) is 37.2 Å². The van der Waals surface area contributed by atoms with Gasteiger partial charge < -0.3 is 14.8 Å². The molecule has 154 valence electrons. The lowest BCUT2D eigenvalue weighted by Gasteiger charge is -2.28. The normalized spacial score (nSPS) is 15.0. The Morgan fingerprint density at radius 1 is 1.17 bits per heavy atom. The molecule has 8 heteroatoms. The standard InChI is InChI=1S/C21H25N3O5/c1-28-17-7-5-6-15(12-17)19(23-10-3-4-11-23)14-22-21(25)18-13-16(24(26)27)8-9-20(18)29-2/h5-9,12-13,19H,3-4,10-11,14H2,1-2H3,(H,22,25). The number of carbonyl (C=O) groups is 1. The Bertz CT molecular complexity index is 880. The number of rotatable bonds is 8. The highest BCUT2D eigenvalue weighted by molar-refractivity contribution is 5.97. The molecule has 1 aliphatic rings. The van der Waals surface area contributed by atoms with E-state index in [-0.39, 0.29) is 17.3 Å². The van der Waals surface area contributed by atoms with Gasteiger partial charge in [0.05, 0.1) is 30.7 Å². The van der Waals surface area contributed by atoms with Gasteiger partial charge in [-0.15, -0.1) is 0 Å². The lowest BCUT2D eigenvalue weighted by molar-refractivity contribution is -0.384. The van der Waals surface area contributed by atoms with E-state index in [4.69, 9.17) is 9.47 Å². The first-order chi connectivity index (χ1) is 14.0. The second kappa shape index (κ2) is 9.38. The molecule has 0 aromatic heterocycles. The molecule has 1 heterocycles. The summed E-state index contributed by atoms with van der Waals surface area (Å²) in [5.74, 6) is 0.656. The summed E-state index contributed by atoms with van der Waals surface area (Å²) in [5, 5.41) is 14.0. The van der Waals surface area contributed by atoms with Gasteiger partial charge in [0.25, 0.3) is 11.6 Å². The maximum absolute atomic E-state index is 12.8. The summed E-state index contributed by atoms with van der Waals surface area (Å²) < 4.78 is 10.6. The molecule has 0 saturated carbocycles. The van der Waals surface area contributed by atoms with Crippen molar-refractivity contribution in [3.63, 3.8) is 0 Å². The van der Waals surface area contributed by atoms with Gasteiger partial charge in [0, 0.05) is 18.7 Å². The summed E-state index contributed by atoms with van der Waals surface area (Å²) >= 11 is 0. The molecule has 0 spiro atoms. The van der Waals surface area contributed by atoms with Crippen molar-refractivity contribution in [1.29, 1.82) is 0 Å². The van der Waals surface area contributed by atoms with Gasteiger partial charge in [-0.1, -0.05) is 12.1 Å². The van der Waals surface area contributed by atoms with Crippen molar-refractivity contribution in [3.8, 4) is 11.5 Å². The third-order valence-electron chi connectivity index (χ3n) is 5.15. The molecule has 3 rings (SSSR count). The Morgan fingerprint density at radius 2 is 1.93 bits per heavy atom. The van der Waals surface area contributed by atoms with Crippen LogP contribution in [0.15, 0.2) is 42.5 Å². The number of methoxy groups -OCH3 is 2. The maximum atomic E-state index is 12.8. The lowest BCUT2D eigenvalue weighted by Crippen LogP contribution is -2.37. The van der Waals surface area contributed by atoms with E-state index in [2.05, 4.69) is 10.2 Å². The van der Waals surface area contributed by atoms with Crippen molar-refractivity contribution in [3.05, 3.63) is 63.7 Å². The van der Waals surface area contributed by atoms with Gasteiger partial charge in [-0.05, 0) is 49.7 Å². The first kappa shape index (κ1) is 20.6. The van der Waals surface area contributed by atoms with Crippen molar-refractivity contribution in [1.82, 2.24) is 10.2 Å². The molecule has 2 aromatic carbocycles. The average molecular weight is 399 g/mol. The topological polar surface area (TPSA) is 93.9 Å². The van der Waals surface area contributed by atoms with Crippen LogP contribution in [0, 0.1) is 10.1 Å². The van der Waals surface area contributed by atoms with E-state index >= 15 is 0 Å². The molecular weight excluding hydrogens is 374 g/mol. The van der Waals surface area contributed by atoms with Gasteiger partial charge in [-0.3, -0.25) is 19.8 Å². The molecule has 8 nitrogen and oxygen atoms in total. The van der Waals surface area contributed by atoms with Crippen LogP contribution in [0.1, 0.15) is 34.8 Å². The average Bonchev–Trinajstić information content (AvgIpc) is 3.27. The minimum absolute atomic E-state index is 0.0127. The molecule has 1 N–H and O–H groups in total. The minimum Gasteiger partial charge on any atom is -0.497 e. The second-order valence-electron chi connectivity index (χ2n) is 6.89. The third kappa shape index (κ3) is 4.83. The van der Waals surface area contributed by atoms with Crippen LogP contribution in [0.25, 0.3) is 0 Å². The number of nitrogens with one attached hydrogen (secondary N) is 1. The quantitative estimate of drug-likeness (QED) is 0.541. The third-order valence-corrected chi connectivity index (χ3v) is 5.15. The number of hydrogen-bond donors (Lipinski definition) is 1. The van der Waals surface area contributed by atoms with Gasteiger partial charge in [0.1, 0.15) is 11.5 Å². The number of amides is 1. The van der Waals surface area contributed by atoms with Crippen LogP contribution in [-0.2, 0) is 0 Å². The summed E-state index contributed by atoms with van der Waals surface area (Å²) in [6.45, 7) is 2.29. The van der Waals surface area contributed by atoms with Gasteiger partial charge in [0.2, 0.25) is 0 Å². The van der Waals surface area contributed by atoms with Gasteiger partial charge in [-0.25, -0.2) is 0 Å². The summed E-state index contributed by atoms with van der Waals surface area (Å²) in [4.78, 5) is 25.7. The fraction of sp³-hybridized carbons (Fsp3) is 0.381. The molecular formula is C21H25N3O5. The number of hydrogen-bond acceptors (Lipinski definition) is 6. The Hall–Kier alpha value is -3.13. The van der Waals surface area contributed by atoms with Crippen LogP contribution in [0.5, 0.6) is 11.5 Å². The number of ether oxygens (including phenoxy) is 2. The zero-order valence-electron chi connectivity index (χ0n) is 16.6. The van der Waals surface area contributed by atoms with E-state index in [1.807, 2.05) is 24.3 Å². The first-order valence-electron chi connectivity index (χ1n) is 9.52. The predicted octanol–water partition coefficient (Wildman–Crippen LogP) is 3.18.